The van der Waals surface area contributed by atoms with E-state index in [0.29, 0.717) is 45.0 Å². The minimum absolute atomic E-state index is 0.314. The fourth-order valence-electron chi connectivity index (χ4n) is 6.05. The SMILES string of the molecule is C#Cc1ccc(NC(=O)c2cc(C(=O)Nc3ccc(C#C)cc3)c(C(=O)O)cc2C(=O)O)cc1.C#Cc1ccc(NC(=O)c2cc(C(=O)O)c(C(=O)Nc3ccc(C#C)cc3)cc2C(=O)O)cc1. The lowest BCUT2D eigenvalue weighted by Crippen LogP contribution is -2.22. The van der Waals surface area contributed by atoms with Crippen LogP contribution in [0.1, 0.15) is 105 Å². The molecule has 0 radical (unpaired) electrons. The van der Waals surface area contributed by atoms with E-state index in [9.17, 15) is 58.8 Å². The third-order valence-electron chi connectivity index (χ3n) is 9.45. The molecule has 0 bridgehead atoms. The normalized spacial score (nSPS) is 9.82. The van der Waals surface area contributed by atoms with Gasteiger partial charge in [-0.25, -0.2) is 19.2 Å². The smallest absolute Gasteiger partial charge is 0.336 e. The summed E-state index contributed by atoms with van der Waals surface area (Å²) >= 11 is 0. The van der Waals surface area contributed by atoms with Crippen molar-refractivity contribution < 1.29 is 58.8 Å². The summed E-state index contributed by atoms with van der Waals surface area (Å²) in [4.78, 5) is 98.5. The fourth-order valence-corrected chi connectivity index (χ4v) is 6.05. The zero-order valence-electron chi connectivity index (χ0n) is 34.9. The zero-order chi connectivity index (χ0) is 49.7. The summed E-state index contributed by atoms with van der Waals surface area (Å²) in [5.41, 5.74) is -0.342. The highest BCUT2D eigenvalue weighted by Crippen LogP contribution is 2.24. The van der Waals surface area contributed by atoms with E-state index in [1.165, 1.54) is 48.5 Å². The fraction of sp³-hybridized carbons (Fsp3) is 0. The maximum absolute atomic E-state index is 12.9. The van der Waals surface area contributed by atoms with Gasteiger partial charge in [-0.1, -0.05) is 23.7 Å². The molecule has 0 aliphatic rings. The lowest BCUT2D eigenvalue weighted by molar-refractivity contribution is 0.0677. The first kappa shape index (κ1) is 48.4. The van der Waals surface area contributed by atoms with Gasteiger partial charge in [0.05, 0.1) is 44.5 Å². The Kier molecular flexibility index (Phi) is 15.4. The van der Waals surface area contributed by atoms with E-state index >= 15 is 0 Å². The van der Waals surface area contributed by atoms with Crippen molar-refractivity contribution in [3.8, 4) is 49.4 Å². The Morgan fingerprint density at radius 3 is 0.618 bits per heavy atom. The third-order valence-corrected chi connectivity index (χ3v) is 9.45. The van der Waals surface area contributed by atoms with E-state index in [0.717, 1.165) is 24.3 Å². The molecular weight excluding hydrogens is 873 g/mol. The molecule has 0 spiro atoms. The average molecular weight is 905 g/mol. The standard InChI is InChI=1S/2C26H16N2O6/c1-3-15-5-9-17(10-6-15)27-23(29)19-13-22(26(33)34)20(14-21(19)25(31)32)24(30)28-18-11-7-16(4-2)8-12-18;1-3-15-5-9-17(10-6-15)27-23(29)19-13-20(22(26(33)34)14-21(19)25(31)32)24(30)28-18-11-7-16(4-2)8-12-18/h2*1-2,5-14H,(H,27,29)(H,28,30)(H,31,32)(H,33,34). The van der Waals surface area contributed by atoms with Crippen molar-refractivity contribution in [2.45, 2.75) is 0 Å². The van der Waals surface area contributed by atoms with Gasteiger partial charge in [-0.3, -0.25) is 19.2 Å². The summed E-state index contributed by atoms with van der Waals surface area (Å²) in [6.45, 7) is 0. The molecule has 0 aromatic heterocycles. The Labute approximate surface area is 386 Å². The highest BCUT2D eigenvalue weighted by molar-refractivity contribution is 6.18. The van der Waals surface area contributed by atoms with Crippen molar-refractivity contribution in [3.63, 3.8) is 0 Å². The van der Waals surface area contributed by atoms with Crippen molar-refractivity contribution in [3.05, 3.63) is 188 Å². The van der Waals surface area contributed by atoms with E-state index in [4.69, 9.17) is 25.7 Å². The molecule has 0 heterocycles. The minimum atomic E-state index is -1.54. The molecule has 68 heavy (non-hydrogen) atoms. The molecule has 0 atom stereocenters. The summed E-state index contributed by atoms with van der Waals surface area (Å²) in [6.07, 6.45) is 21.2. The number of nitrogens with one attached hydrogen (secondary N) is 4. The number of rotatable bonds is 12. The number of carboxylic acids is 4. The number of terminal acetylenes is 4. The number of hydrogen-bond donors (Lipinski definition) is 8. The van der Waals surface area contributed by atoms with Crippen LogP contribution in [-0.4, -0.2) is 67.9 Å². The van der Waals surface area contributed by atoms with Crippen molar-refractivity contribution in [1.29, 1.82) is 0 Å². The van der Waals surface area contributed by atoms with Crippen LogP contribution in [0, 0.1) is 49.4 Å². The highest BCUT2D eigenvalue weighted by Gasteiger charge is 2.28. The van der Waals surface area contributed by atoms with E-state index < -0.39 is 92.0 Å². The van der Waals surface area contributed by atoms with Gasteiger partial charge in [-0.2, -0.15) is 0 Å². The van der Waals surface area contributed by atoms with Crippen LogP contribution in [0.4, 0.5) is 22.7 Å². The number of benzene rings is 6. The molecule has 332 valence electrons. The van der Waals surface area contributed by atoms with Crippen LogP contribution in [-0.2, 0) is 0 Å². The zero-order valence-corrected chi connectivity index (χ0v) is 34.9. The number of amides is 4. The molecular formula is C52H32N4O12. The molecule has 16 nitrogen and oxygen atoms in total. The van der Waals surface area contributed by atoms with Gasteiger partial charge in [0.1, 0.15) is 0 Å². The Bertz CT molecular complexity index is 3010. The van der Waals surface area contributed by atoms with Gasteiger partial charge in [0.25, 0.3) is 23.6 Å². The van der Waals surface area contributed by atoms with Crippen molar-refractivity contribution in [2.75, 3.05) is 21.3 Å². The summed E-state index contributed by atoms with van der Waals surface area (Å²) in [7, 11) is 0. The molecule has 0 aliphatic heterocycles. The van der Waals surface area contributed by atoms with Gasteiger partial charge in [0.15, 0.2) is 0 Å². The first-order valence-electron chi connectivity index (χ1n) is 19.3. The Morgan fingerprint density at radius 1 is 0.294 bits per heavy atom. The van der Waals surface area contributed by atoms with Crippen molar-refractivity contribution in [2.24, 2.45) is 0 Å². The summed E-state index contributed by atoms with van der Waals surface area (Å²) in [5.74, 6) is 0.147. The molecule has 0 fully saturated rings. The molecule has 0 aliphatic carbocycles. The number of anilines is 4. The largest absolute Gasteiger partial charge is 0.478 e. The molecule has 4 amide bonds. The van der Waals surface area contributed by atoms with E-state index in [1.54, 1.807) is 48.5 Å². The molecule has 6 aromatic rings. The van der Waals surface area contributed by atoms with Crippen molar-refractivity contribution in [1.82, 2.24) is 0 Å². The maximum Gasteiger partial charge on any atom is 0.336 e. The van der Waals surface area contributed by atoms with Crippen LogP contribution < -0.4 is 21.3 Å². The monoisotopic (exact) mass is 904 g/mol. The number of hydrogen-bond acceptors (Lipinski definition) is 8. The maximum atomic E-state index is 12.9. The first-order chi connectivity index (χ1) is 32.5. The lowest BCUT2D eigenvalue weighted by Gasteiger charge is -2.13. The Balaban J connectivity index is 0.000000254. The molecule has 6 rings (SSSR count). The van der Waals surface area contributed by atoms with Crippen LogP contribution in [0.5, 0.6) is 0 Å². The Hall–Kier alpha value is -10.7. The van der Waals surface area contributed by atoms with Gasteiger partial charge < -0.3 is 41.7 Å². The summed E-state index contributed by atoms with van der Waals surface area (Å²) < 4.78 is 0. The minimum Gasteiger partial charge on any atom is -0.478 e. The first-order valence-corrected chi connectivity index (χ1v) is 19.3. The topological polar surface area (TPSA) is 266 Å². The molecule has 6 aromatic carbocycles. The number of carbonyl (C=O) groups is 8. The van der Waals surface area contributed by atoms with Crippen LogP contribution in [0.2, 0.25) is 0 Å². The van der Waals surface area contributed by atoms with Crippen molar-refractivity contribution >= 4 is 70.3 Å². The van der Waals surface area contributed by atoms with E-state index in [2.05, 4.69) is 44.9 Å². The number of carbonyl (C=O) groups excluding carboxylic acids is 4. The van der Waals surface area contributed by atoms with E-state index in [-0.39, 0.29) is 0 Å². The molecule has 16 heteroatoms. The molecule has 0 saturated heterocycles. The second-order valence-electron chi connectivity index (χ2n) is 13.8. The average Bonchev–Trinajstić information content (AvgIpc) is 3.34. The van der Waals surface area contributed by atoms with Gasteiger partial charge in [0, 0.05) is 45.0 Å². The third kappa shape index (κ3) is 11.9. The predicted molar refractivity (Wildman–Crippen MR) is 250 cm³/mol. The van der Waals surface area contributed by atoms with Crippen LogP contribution in [0.25, 0.3) is 0 Å². The Morgan fingerprint density at radius 2 is 0.456 bits per heavy atom. The van der Waals surface area contributed by atoms with Crippen LogP contribution in [0.3, 0.4) is 0 Å². The molecule has 0 saturated carbocycles. The predicted octanol–water partition coefficient (Wildman–Crippen LogP) is 7.10. The summed E-state index contributed by atoms with van der Waals surface area (Å²) in [6, 6.07) is 28.1. The lowest BCUT2D eigenvalue weighted by atomic mass is 9.96. The van der Waals surface area contributed by atoms with E-state index in [1.807, 2.05) is 0 Å². The van der Waals surface area contributed by atoms with Gasteiger partial charge in [-0.15, -0.1) is 25.7 Å². The highest BCUT2D eigenvalue weighted by atomic mass is 16.4. The van der Waals surface area contributed by atoms with Crippen LogP contribution >= 0.6 is 0 Å². The van der Waals surface area contributed by atoms with Gasteiger partial charge in [0.2, 0.25) is 0 Å². The quantitative estimate of drug-likeness (QED) is 0.0572. The summed E-state index contributed by atoms with van der Waals surface area (Å²) in [5, 5.41) is 48.4. The van der Waals surface area contributed by atoms with Crippen LogP contribution in [0.15, 0.2) is 121 Å². The number of aromatic carboxylic acids is 4. The second kappa shape index (κ2) is 21.6. The second-order valence-corrected chi connectivity index (χ2v) is 13.8. The molecule has 0 unspecified atom stereocenters. The molecule has 8 N–H and O–H groups in total. The van der Waals surface area contributed by atoms with Gasteiger partial charge >= 0.3 is 23.9 Å². The number of carboxylic acid groups (broad SMARTS) is 4. The van der Waals surface area contributed by atoms with Gasteiger partial charge in [-0.05, 0) is 121 Å².